The van der Waals surface area contributed by atoms with Crippen LogP contribution in [0, 0.1) is 12.8 Å². The Morgan fingerprint density at radius 3 is 1.74 bits per heavy atom. The molecular formula is C23H24O3S. The third-order valence-corrected chi connectivity index (χ3v) is 5.98. The Kier molecular flexibility index (Phi) is 6.09. The van der Waals surface area contributed by atoms with E-state index in [1.807, 2.05) is 50.2 Å². The highest BCUT2D eigenvalue weighted by Crippen LogP contribution is 2.32. The molecule has 0 aromatic heterocycles. The van der Waals surface area contributed by atoms with Crippen molar-refractivity contribution in [1.82, 2.24) is 0 Å². The van der Waals surface area contributed by atoms with E-state index in [9.17, 15) is 8.42 Å². The van der Waals surface area contributed by atoms with Crippen LogP contribution in [0.1, 0.15) is 29.5 Å². The summed E-state index contributed by atoms with van der Waals surface area (Å²) in [5.74, 6) is 0.0376. The maximum atomic E-state index is 12.5. The molecule has 4 heteroatoms. The Balaban J connectivity index is 1.81. The highest BCUT2D eigenvalue weighted by molar-refractivity contribution is 7.86. The Morgan fingerprint density at radius 1 is 0.778 bits per heavy atom. The zero-order valence-corrected chi connectivity index (χ0v) is 16.4. The summed E-state index contributed by atoms with van der Waals surface area (Å²) in [5.41, 5.74) is 3.30. The Morgan fingerprint density at radius 2 is 1.26 bits per heavy atom. The summed E-state index contributed by atoms with van der Waals surface area (Å²) in [4.78, 5) is 0.191. The summed E-state index contributed by atoms with van der Waals surface area (Å²) in [6, 6.07) is 27.0. The normalized spacial score (nSPS) is 12.9. The number of benzene rings is 3. The molecule has 0 radical (unpaired) electrons. The second-order valence-electron chi connectivity index (χ2n) is 6.83. The van der Waals surface area contributed by atoms with Crippen LogP contribution in [0.3, 0.4) is 0 Å². The molecule has 3 aromatic rings. The zero-order valence-electron chi connectivity index (χ0n) is 15.6. The third kappa shape index (κ3) is 4.85. The monoisotopic (exact) mass is 380 g/mol. The fourth-order valence-electron chi connectivity index (χ4n) is 3.24. The minimum absolute atomic E-state index is 0.0185. The van der Waals surface area contributed by atoms with Crippen molar-refractivity contribution < 1.29 is 12.6 Å². The second kappa shape index (κ2) is 8.51. The predicted octanol–water partition coefficient (Wildman–Crippen LogP) is 5.17. The van der Waals surface area contributed by atoms with Gasteiger partial charge in [0.25, 0.3) is 10.1 Å². The number of hydrogen-bond donors (Lipinski definition) is 0. The molecule has 3 aromatic carbocycles. The summed E-state index contributed by atoms with van der Waals surface area (Å²) in [6.45, 7) is 4.06. The van der Waals surface area contributed by atoms with Crippen LogP contribution in [0.25, 0.3) is 0 Å². The molecule has 0 aliphatic rings. The fourth-order valence-corrected chi connectivity index (χ4v) is 4.24. The van der Waals surface area contributed by atoms with Gasteiger partial charge in [-0.05, 0) is 36.1 Å². The van der Waals surface area contributed by atoms with Crippen LogP contribution in [-0.2, 0) is 14.3 Å². The first kappa shape index (κ1) is 19.3. The highest BCUT2D eigenvalue weighted by atomic mass is 32.2. The molecule has 0 unspecified atom stereocenters. The van der Waals surface area contributed by atoms with Crippen LogP contribution in [0.4, 0.5) is 0 Å². The van der Waals surface area contributed by atoms with Gasteiger partial charge in [0.15, 0.2) is 0 Å². The molecule has 0 saturated carbocycles. The summed E-state index contributed by atoms with van der Waals surface area (Å²) in [6.07, 6.45) is 0. The van der Waals surface area contributed by atoms with E-state index in [0.717, 1.165) is 16.7 Å². The SMILES string of the molecule is Cc1ccc(S(=O)(=O)OC[C@H](C)C(c2ccccc2)c2ccccc2)cc1. The smallest absolute Gasteiger partial charge is 0.266 e. The van der Waals surface area contributed by atoms with Gasteiger partial charge >= 0.3 is 0 Å². The van der Waals surface area contributed by atoms with E-state index in [1.54, 1.807) is 24.3 Å². The first-order valence-electron chi connectivity index (χ1n) is 9.03. The minimum atomic E-state index is -3.77. The molecule has 0 aliphatic carbocycles. The first-order chi connectivity index (χ1) is 13.0. The maximum absolute atomic E-state index is 12.5. The minimum Gasteiger partial charge on any atom is -0.266 e. The average molecular weight is 381 g/mol. The molecule has 1 atom stereocenters. The van der Waals surface area contributed by atoms with E-state index < -0.39 is 10.1 Å². The number of aryl methyl sites for hydroxylation is 1. The average Bonchev–Trinajstić information content (AvgIpc) is 2.69. The lowest BCUT2D eigenvalue weighted by atomic mass is 9.82. The molecule has 140 valence electrons. The summed E-state index contributed by atoms with van der Waals surface area (Å²) >= 11 is 0. The van der Waals surface area contributed by atoms with Crippen molar-refractivity contribution >= 4 is 10.1 Å². The van der Waals surface area contributed by atoms with Crippen molar-refractivity contribution in [2.45, 2.75) is 24.7 Å². The van der Waals surface area contributed by atoms with Gasteiger partial charge in [-0.25, -0.2) is 0 Å². The Bertz CT molecular complexity index is 910. The molecule has 3 rings (SSSR count). The van der Waals surface area contributed by atoms with Crippen molar-refractivity contribution in [1.29, 1.82) is 0 Å². The Hall–Kier alpha value is -2.43. The molecule has 0 fully saturated rings. The standard InChI is InChI=1S/C23H24O3S/c1-18-13-15-22(16-14-18)27(24,25)26-17-19(2)23(20-9-5-3-6-10-20)21-11-7-4-8-12-21/h3-16,19,23H,17H2,1-2H3/t19-/m0/s1. The van der Waals surface area contributed by atoms with Gasteiger partial charge in [-0.1, -0.05) is 85.3 Å². The van der Waals surface area contributed by atoms with Crippen LogP contribution in [0.2, 0.25) is 0 Å². The lowest BCUT2D eigenvalue weighted by Gasteiger charge is -2.25. The molecule has 0 saturated heterocycles. The quantitative estimate of drug-likeness (QED) is 0.531. The van der Waals surface area contributed by atoms with E-state index in [1.165, 1.54) is 0 Å². The van der Waals surface area contributed by atoms with Gasteiger partial charge in [0, 0.05) is 5.92 Å². The zero-order chi connectivity index (χ0) is 19.3. The molecule has 0 bridgehead atoms. The fraction of sp³-hybridized carbons (Fsp3) is 0.217. The number of hydrogen-bond acceptors (Lipinski definition) is 3. The van der Waals surface area contributed by atoms with Crippen LogP contribution < -0.4 is 0 Å². The molecular weight excluding hydrogens is 356 g/mol. The van der Waals surface area contributed by atoms with Gasteiger partial charge < -0.3 is 0 Å². The Labute approximate surface area is 161 Å². The first-order valence-corrected chi connectivity index (χ1v) is 10.4. The van der Waals surface area contributed by atoms with Crippen molar-refractivity contribution in [3.8, 4) is 0 Å². The van der Waals surface area contributed by atoms with Crippen LogP contribution in [0.15, 0.2) is 89.8 Å². The van der Waals surface area contributed by atoms with Gasteiger partial charge in [-0.3, -0.25) is 4.18 Å². The van der Waals surface area contributed by atoms with Crippen molar-refractivity contribution in [3.05, 3.63) is 102 Å². The predicted molar refractivity (Wildman–Crippen MR) is 108 cm³/mol. The topological polar surface area (TPSA) is 43.4 Å². The van der Waals surface area contributed by atoms with Crippen LogP contribution >= 0.6 is 0 Å². The molecule has 3 nitrogen and oxygen atoms in total. The molecule has 0 spiro atoms. The molecule has 0 heterocycles. The van der Waals surface area contributed by atoms with Gasteiger partial charge in [-0.15, -0.1) is 0 Å². The lowest BCUT2D eigenvalue weighted by molar-refractivity contribution is 0.252. The molecule has 0 amide bonds. The highest BCUT2D eigenvalue weighted by Gasteiger charge is 2.24. The van der Waals surface area contributed by atoms with E-state index in [0.29, 0.717) is 0 Å². The van der Waals surface area contributed by atoms with Crippen LogP contribution in [-0.4, -0.2) is 15.0 Å². The largest absolute Gasteiger partial charge is 0.296 e. The summed E-state index contributed by atoms with van der Waals surface area (Å²) in [7, 11) is -3.77. The maximum Gasteiger partial charge on any atom is 0.296 e. The van der Waals surface area contributed by atoms with E-state index in [4.69, 9.17) is 4.18 Å². The summed E-state index contributed by atoms with van der Waals surface area (Å²) in [5, 5.41) is 0. The molecule has 0 aliphatic heterocycles. The van der Waals surface area contributed by atoms with Gasteiger partial charge in [-0.2, -0.15) is 8.42 Å². The van der Waals surface area contributed by atoms with Crippen LogP contribution in [0.5, 0.6) is 0 Å². The van der Waals surface area contributed by atoms with Crippen molar-refractivity contribution in [3.63, 3.8) is 0 Å². The van der Waals surface area contributed by atoms with Gasteiger partial charge in [0.1, 0.15) is 0 Å². The van der Waals surface area contributed by atoms with Crippen molar-refractivity contribution in [2.75, 3.05) is 6.61 Å². The van der Waals surface area contributed by atoms with E-state index >= 15 is 0 Å². The van der Waals surface area contributed by atoms with E-state index in [-0.39, 0.29) is 23.3 Å². The lowest BCUT2D eigenvalue weighted by Crippen LogP contribution is -2.19. The second-order valence-corrected chi connectivity index (χ2v) is 8.44. The molecule has 27 heavy (non-hydrogen) atoms. The van der Waals surface area contributed by atoms with Gasteiger partial charge in [0.2, 0.25) is 0 Å². The van der Waals surface area contributed by atoms with E-state index in [2.05, 4.69) is 24.3 Å². The number of rotatable bonds is 7. The van der Waals surface area contributed by atoms with Gasteiger partial charge in [0.05, 0.1) is 11.5 Å². The third-order valence-electron chi connectivity index (χ3n) is 4.68. The van der Waals surface area contributed by atoms with Crippen molar-refractivity contribution in [2.24, 2.45) is 5.92 Å². The summed E-state index contributed by atoms with van der Waals surface area (Å²) < 4.78 is 30.5. The molecule has 0 N–H and O–H groups in total.